The van der Waals surface area contributed by atoms with E-state index in [2.05, 4.69) is 5.32 Å². The van der Waals surface area contributed by atoms with Crippen LogP contribution in [0, 0.1) is 0 Å². The van der Waals surface area contributed by atoms with Crippen molar-refractivity contribution in [3.8, 4) is 0 Å². The standard InChI is InChI=1S/C14H22N2O2/c1-18-11-5-4-10-16-14(17)13-7-3-2-6-12(13)8-9-15/h2-3,6-7H,4-5,8-11,15H2,1H3,(H,16,17). The molecule has 18 heavy (non-hydrogen) atoms. The normalized spacial score (nSPS) is 10.3. The Hall–Kier alpha value is -1.39. The van der Waals surface area contributed by atoms with Gasteiger partial charge < -0.3 is 15.8 Å². The lowest BCUT2D eigenvalue weighted by atomic mass is 10.0. The smallest absolute Gasteiger partial charge is 0.251 e. The summed E-state index contributed by atoms with van der Waals surface area (Å²) in [4.78, 5) is 12.0. The van der Waals surface area contributed by atoms with Crippen LogP contribution in [0.2, 0.25) is 0 Å². The van der Waals surface area contributed by atoms with Gasteiger partial charge in [0.1, 0.15) is 0 Å². The van der Waals surface area contributed by atoms with E-state index in [1.54, 1.807) is 7.11 Å². The van der Waals surface area contributed by atoms with Crippen LogP contribution in [0.5, 0.6) is 0 Å². The van der Waals surface area contributed by atoms with E-state index in [1.807, 2.05) is 24.3 Å². The van der Waals surface area contributed by atoms with Crippen molar-refractivity contribution in [1.29, 1.82) is 0 Å². The number of amides is 1. The van der Waals surface area contributed by atoms with Crippen molar-refractivity contribution >= 4 is 5.91 Å². The minimum absolute atomic E-state index is 0.0172. The highest BCUT2D eigenvalue weighted by molar-refractivity contribution is 5.95. The maximum atomic E-state index is 12.0. The molecule has 0 heterocycles. The number of rotatable bonds is 8. The maximum Gasteiger partial charge on any atom is 0.251 e. The third-order valence-electron chi connectivity index (χ3n) is 2.74. The van der Waals surface area contributed by atoms with Gasteiger partial charge in [0.05, 0.1) is 0 Å². The van der Waals surface area contributed by atoms with E-state index in [1.165, 1.54) is 0 Å². The van der Waals surface area contributed by atoms with E-state index >= 15 is 0 Å². The van der Waals surface area contributed by atoms with E-state index in [0.29, 0.717) is 13.1 Å². The number of unbranched alkanes of at least 4 members (excludes halogenated alkanes) is 1. The second-order valence-corrected chi connectivity index (χ2v) is 4.15. The monoisotopic (exact) mass is 250 g/mol. The highest BCUT2D eigenvalue weighted by atomic mass is 16.5. The Labute approximate surface area is 109 Å². The molecule has 0 spiro atoms. The molecule has 0 aliphatic carbocycles. The van der Waals surface area contributed by atoms with Crippen molar-refractivity contribution in [2.45, 2.75) is 19.3 Å². The van der Waals surface area contributed by atoms with Gasteiger partial charge in [-0.25, -0.2) is 0 Å². The SMILES string of the molecule is COCCCCNC(=O)c1ccccc1CCN. The number of nitrogens with two attached hydrogens (primary N) is 1. The van der Waals surface area contributed by atoms with Gasteiger partial charge in [0.15, 0.2) is 0 Å². The number of benzene rings is 1. The number of carbonyl (C=O) groups is 1. The molecule has 0 aliphatic rings. The summed E-state index contributed by atoms with van der Waals surface area (Å²) in [6.07, 6.45) is 2.62. The van der Waals surface area contributed by atoms with Crippen molar-refractivity contribution in [3.05, 3.63) is 35.4 Å². The number of carbonyl (C=O) groups excluding carboxylic acids is 1. The minimum atomic E-state index is -0.0172. The molecule has 0 saturated carbocycles. The lowest BCUT2D eigenvalue weighted by Gasteiger charge is -2.09. The molecule has 0 unspecified atom stereocenters. The fourth-order valence-corrected chi connectivity index (χ4v) is 1.78. The van der Waals surface area contributed by atoms with Crippen LogP contribution < -0.4 is 11.1 Å². The van der Waals surface area contributed by atoms with Crippen LogP contribution in [-0.4, -0.2) is 32.7 Å². The van der Waals surface area contributed by atoms with E-state index in [-0.39, 0.29) is 5.91 Å². The molecule has 0 aromatic heterocycles. The van der Waals surface area contributed by atoms with E-state index in [9.17, 15) is 4.79 Å². The first kappa shape index (κ1) is 14.7. The summed E-state index contributed by atoms with van der Waals surface area (Å²) < 4.78 is 4.96. The average molecular weight is 250 g/mol. The Morgan fingerprint density at radius 1 is 1.33 bits per heavy atom. The van der Waals surface area contributed by atoms with Crippen molar-refractivity contribution in [2.75, 3.05) is 26.8 Å². The van der Waals surface area contributed by atoms with Gasteiger partial charge >= 0.3 is 0 Å². The summed E-state index contributed by atoms with van der Waals surface area (Å²) in [5.74, 6) is -0.0172. The third-order valence-corrected chi connectivity index (χ3v) is 2.74. The summed E-state index contributed by atoms with van der Waals surface area (Å²) in [6.45, 7) is 1.97. The Bertz CT molecular complexity index is 367. The van der Waals surface area contributed by atoms with Gasteiger partial charge in [-0.1, -0.05) is 18.2 Å². The predicted octanol–water partition coefficient (Wildman–Crippen LogP) is 1.34. The highest BCUT2D eigenvalue weighted by Gasteiger charge is 2.09. The Morgan fingerprint density at radius 2 is 2.11 bits per heavy atom. The first-order valence-corrected chi connectivity index (χ1v) is 6.34. The van der Waals surface area contributed by atoms with Crippen LogP contribution in [0.4, 0.5) is 0 Å². The van der Waals surface area contributed by atoms with E-state index in [4.69, 9.17) is 10.5 Å². The molecule has 100 valence electrons. The molecular formula is C14H22N2O2. The summed E-state index contributed by atoms with van der Waals surface area (Å²) in [7, 11) is 1.68. The molecule has 1 aromatic carbocycles. The van der Waals surface area contributed by atoms with Crippen LogP contribution in [0.15, 0.2) is 24.3 Å². The fourth-order valence-electron chi connectivity index (χ4n) is 1.78. The van der Waals surface area contributed by atoms with E-state index < -0.39 is 0 Å². The zero-order valence-corrected chi connectivity index (χ0v) is 10.9. The van der Waals surface area contributed by atoms with Crippen LogP contribution in [0.3, 0.4) is 0 Å². The summed E-state index contributed by atoms with van der Waals surface area (Å²) >= 11 is 0. The Balaban J connectivity index is 2.45. The van der Waals surface area contributed by atoms with Crippen LogP contribution in [0.1, 0.15) is 28.8 Å². The minimum Gasteiger partial charge on any atom is -0.385 e. The number of hydrogen-bond donors (Lipinski definition) is 2. The van der Waals surface area contributed by atoms with Gasteiger partial charge in [0.25, 0.3) is 5.91 Å². The molecule has 0 fully saturated rings. The molecule has 4 heteroatoms. The van der Waals surface area contributed by atoms with Gasteiger partial charge in [0, 0.05) is 25.8 Å². The highest BCUT2D eigenvalue weighted by Crippen LogP contribution is 2.09. The van der Waals surface area contributed by atoms with Crippen molar-refractivity contribution in [3.63, 3.8) is 0 Å². The van der Waals surface area contributed by atoms with Crippen molar-refractivity contribution < 1.29 is 9.53 Å². The molecule has 3 N–H and O–H groups in total. The quantitative estimate of drug-likeness (QED) is 0.684. The van der Waals surface area contributed by atoms with Gasteiger partial charge in [-0.05, 0) is 37.4 Å². The van der Waals surface area contributed by atoms with Gasteiger partial charge in [-0.3, -0.25) is 4.79 Å². The zero-order valence-electron chi connectivity index (χ0n) is 10.9. The number of ether oxygens (including phenoxy) is 1. The maximum absolute atomic E-state index is 12.0. The van der Waals surface area contributed by atoms with Crippen LogP contribution in [0.25, 0.3) is 0 Å². The van der Waals surface area contributed by atoms with Crippen LogP contribution in [-0.2, 0) is 11.2 Å². The molecule has 1 aromatic rings. The van der Waals surface area contributed by atoms with Crippen molar-refractivity contribution in [2.24, 2.45) is 5.73 Å². The molecule has 0 bridgehead atoms. The fraction of sp³-hybridized carbons (Fsp3) is 0.500. The van der Waals surface area contributed by atoms with Gasteiger partial charge in [0.2, 0.25) is 0 Å². The number of methoxy groups -OCH3 is 1. The summed E-state index contributed by atoms with van der Waals surface area (Å²) in [5, 5.41) is 2.92. The molecule has 0 atom stereocenters. The lowest BCUT2D eigenvalue weighted by molar-refractivity contribution is 0.0950. The molecule has 0 radical (unpaired) electrons. The first-order valence-electron chi connectivity index (χ1n) is 6.34. The Kier molecular flexibility index (Phi) is 7.06. The molecule has 4 nitrogen and oxygen atoms in total. The topological polar surface area (TPSA) is 64.3 Å². The van der Waals surface area contributed by atoms with E-state index in [0.717, 1.165) is 37.0 Å². The van der Waals surface area contributed by atoms with Gasteiger partial charge in [-0.2, -0.15) is 0 Å². The predicted molar refractivity (Wildman–Crippen MR) is 72.6 cm³/mol. The average Bonchev–Trinajstić information content (AvgIpc) is 2.39. The number of hydrogen-bond acceptors (Lipinski definition) is 3. The molecular weight excluding hydrogens is 228 g/mol. The summed E-state index contributed by atoms with van der Waals surface area (Å²) in [6, 6.07) is 7.60. The first-order chi connectivity index (χ1) is 8.79. The summed E-state index contributed by atoms with van der Waals surface area (Å²) in [5.41, 5.74) is 7.28. The lowest BCUT2D eigenvalue weighted by Crippen LogP contribution is -2.26. The molecule has 0 saturated heterocycles. The van der Waals surface area contributed by atoms with Crippen LogP contribution >= 0.6 is 0 Å². The number of nitrogens with one attached hydrogen (secondary N) is 1. The van der Waals surface area contributed by atoms with Crippen molar-refractivity contribution in [1.82, 2.24) is 5.32 Å². The Morgan fingerprint density at radius 3 is 2.83 bits per heavy atom. The third kappa shape index (κ3) is 4.85. The largest absolute Gasteiger partial charge is 0.385 e. The second-order valence-electron chi connectivity index (χ2n) is 4.15. The molecule has 1 rings (SSSR count). The zero-order chi connectivity index (χ0) is 13.2. The molecule has 1 amide bonds. The van der Waals surface area contributed by atoms with Gasteiger partial charge in [-0.15, -0.1) is 0 Å². The molecule has 0 aliphatic heterocycles. The second kappa shape index (κ2) is 8.66.